The molecule has 1 aliphatic rings. The summed E-state index contributed by atoms with van der Waals surface area (Å²) in [5.74, 6) is -0.0711. The van der Waals surface area contributed by atoms with Gasteiger partial charge >= 0.3 is 0 Å². The second-order valence-electron chi connectivity index (χ2n) is 4.49. The molecule has 0 spiro atoms. The summed E-state index contributed by atoms with van der Waals surface area (Å²) in [5.41, 5.74) is -0.165. The van der Waals surface area contributed by atoms with Gasteiger partial charge in [-0.15, -0.1) is 0 Å². The first-order chi connectivity index (χ1) is 8.18. The van der Waals surface area contributed by atoms with E-state index >= 15 is 0 Å². The van der Waals surface area contributed by atoms with Crippen LogP contribution in [0.4, 0.5) is 0 Å². The van der Waals surface area contributed by atoms with Crippen LogP contribution in [0.25, 0.3) is 0 Å². The highest BCUT2D eigenvalue weighted by Gasteiger charge is 2.32. The lowest BCUT2D eigenvalue weighted by atomic mass is 10.0. The molecule has 0 saturated carbocycles. The van der Waals surface area contributed by atoms with Gasteiger partial charge in [0, 0.05) is 38.6 Å². The lowest BCUT2D eigenvalue weighted by molar-refractivity contribution is -0.135. The van der Waals surface area contributed by atoms with Crippen LogP contribution in [0.5, 0.6) is 0 Å². The van der Waals surface area contributed by atoms with Crippen LogP contribution in [-0.4, -0.2) is 47.3 Å². The van der Waals surface area contributed by atoms with Gasteiger partial charge in [0.1, 0.15) is 6.61 Å². The first-order valence-corrected chi connectivity index (χ1v) is 5.75. The van der Waals surface area contributed by atoms with Crippen LogP contribution < -0.4 is 10.6 Å². The molecule has 0 radical (unpaired) electrons. The van der Waals surface area contributed by atoms with Gasteiger partial charge < -0.3 is 19.9 Å². The highest BCUT2D eigenvalue weighted by molar-refractivity contribution is 5.77. The fraction of sp³-hybridized carbons (Fsp3) is 0.636. The van der Waals surface area contributed by atoms with E-state index in [-0.39, 0.29) is 18.1 Å². The number of carbonyl (C=O) groups excluding carboxylic acids is 1. The predicted octanol–water partition coefficient (Wildman–Crippen LogP) is -0.622. The van der Waals surface area contributed by atoms with Crippen molar-refractivity contribution in [3.63, 3.8) is 0 Å². The SMILES string of the molecule is CC1(OCC(=O)NCCn2ccnc2)CNC1. The van der Waals surface area contributed by atoms with Gasteiger partial charge in [0.2, 0.25) is 5.91 Å². The molecule has 1 fully saturated rings. The molecule has 0 atom stereocenters. The van der Waals surface area contributed by atoms with E-state index in [2.05, 4.69) is 15.6 Å². The standard InChI is InChI=1S/C11H18N4O2/c1-11(7-13-8-11)17-6-10(16)14-3-5-15-4-2-12-9-15/h2,4,9,13H,3,5-8H2,1H3,(H,14,16). The summed E-state index contributed by atoms with van der Waals surface area (Å²) in [5, 5.41) is 5.93. The maximum absolute atomic E-state index is 11.5. The second kappa shape index (κ2) is 5.29. The fourth-order valence-corrected chi connectivity index (χ4v) is 1.61. The van der Waals surface area contributed by atoms with Gasteiger partial charge in [0.25, 0.3) is 0 Å². The molecule has 1 aromatic rings. The molecule has 0 unspecified atom stereocenters. The number of ether oxygens (including phenoxy) is 1. The van der Waals surface area contributed by atoms with E-state index in [1.165, 1.54) is 0 Å². The minimum absolute atomic E-state index is 0.0711. The van der Waals surface area contributed by atoms with E-state index in [0.717, 1.165) is 19.6 Å². The summed E-state index contributed by atoms with van der Waals surface area (Å²) in [7, 11) is 0. The van der Waals surface area contributed by atoms with Crippen LogP contribution >= 0.6 is 0 Å². The Bertz CT molecular complexity index is 360. The number of hydrogen-bond donors (Lipinski definition) is 2. The van der Waals surface area contributed by atoms with Crippen molar-refractivity contribution in [2.45, 2.75) is 19.1 Å². The Morgan fingerprint density at radius 1 is 1.65 bits per heavy atom. The number of hydrogen-bond acceptors (Lipinski definition) is 4. The zero-order chi connectivity index (χ0) is 12.1. The molecule has 6 heteroatoms. The number of amides is 1. The van der Waals surface area contributed by atoms with E-state index in [1.807, 2.05) is 17.7 Å². The van der Waals surface area contributed by atoms with E-state index in [1.54, 1.807) is 12.5 Å². The Morgan fingerprint density at radius 3 is 3.06 bits per heavy atom. The zero-order valence-electron chi connectivity index (χ0n) is 9.98. The van der Waals surface area contributed by atoms with Gasteiger partial charge in [-0.3, -0.25) is 4.79 Å². The Kier molecular flexibility index (Phi) is 3.75. The minimum atomic E-state index is -0.165. The number of nitrogens with one attached hydrogen (secondary N) is 2. The number of nitrogens with zero attached hydrogens (tertiary/aromatic N) is 2. The van der Waals surface area contributed by atoms with Crippen molar-refractivity contribution in [1.82, 2.24) is 20.2 Å². The largest absolute Gasteiger partial charge is 0.363 e. The third kappa shape index (κ3) is 3.54. The second-order valence-corrected chi connectivity index (χ2v) is 4.49. The molecular formula is C11H18N4O2. The van der Waals surface area contributed by atoms with Crippen molar-refractivity contribution in [2.24, 2.45) is 0 Å². The van der Waals surface area contributed by atoms with Crippen LogP contribution in [-0.2, 0) is 16.1 Å². The van der Waals surface area contributed by atoms with Crippen molar-refractivity contribution in [3.8, 4) is 0 Å². The molecule has 1 amide bonds. The van der Waals surface area contributed by atoms with Crippen LogP contribution in [0, 0.1) is 0 Å². The molecule has 0 aliphatic carbocycles. The quantitative estimate of drug-likeness (QED) is 0.693. The van der Waals surface area contributed by atoms with Crippen LogP contribution in [0.1, 0.15) is 6.92 Å². The number of aromatic nitrogens is 2. The van der Waals surface area contributed by atoms with Crippen LogP contribution in [0.3, 0.4) is 0 Å². The maximum Gasteiger partial charge on any atom is 0.246 e. The van der Waals surface area contributed by atoms with E-state index in [0.29, 0.717) is 6.54 Å². The molecular weight excluding hydrogens is 220 g/mol. The molecule has 0 aromatic carbocycles. The topological polar surface area (TPSA) is 68.2 Å². The fourth-order valence-electron chi connectivity index (χ4n) is 1.61. The molecule has 94 valence electrons. The van der Waals surface area contributed by atoms with E-state index in [4.69, 9.17) is 4.74 Å². The number of carbonyl (C=O) groups is 1. The lowest BCUT2D eigenvalue weighted by Gasteiger charge is -2.38. The van der Waals surface area contributed by atoms with Crippen LogP contribution in [0.15, 0.2) is 18.7 Å². The number of rotatable bonds is 6. The Morgan fingerprint density at radius 2 is 2.47 bits per heavy atom. The molecule has 2 N–H and O–H groups in total. The lowest BCUT2D eigenvalue weighted by Crippen LogP contribution is -2.59. The molecule has 6 nitrogen and oxygen atoms in total. The summed E-state index contributed by atoms with van der Waals surface area (Å²) >= 11 is 0. The van der Waals surface area contributed by atoms with Crippen molar-refractivity contribution in [2.75, 3.05) is 26.2 Å². The predicted molar refractivity (Wildman–Crippen MR) is 62.5 cm³/mol. The molecule has 0 bridgehead atoms. The average Bonchev–Trinajstić information content (AvgIpc) is 2.77. The summed E-state index contributed by atoms with van der Waals surface area (Å²) in [6.07, 6.45) is 5.31. The third-order valence-corrected chi connectivity index (χ3v) is 2.80. The van der Waals surface area contributed by atoms with Gasteiger partial charge in [-0.1, -0.05) is 0 Å². The Hall–Kier alpha value is -1.40. The molecule has 1 aromatic heterocycles. The summed E-state index contributed by atoms with van der Waals surface area (Å²) < 4.78 is 7.44. The first kappa shape index (κ1) is 12.1. The maximum atomic E-state index is 11.5. The third-order valence-electron chi connectivity index (χ3n) is 2.80. The van der Waals surface area contributed by atoms with Gasteiger partial charge in [0.15, 0.2) is 0 Å². The molecule has 2 heterocycles. The van der Waals surface area contributed by atoms with Gasteiger partial charge in [-0.25, -0.2) is 4.98 Å². The van der Waals surface area contributed by atoms with E-state index < -0.39 is 0 Å². The van der Waals surface area contributed by atoms with E-state index in [9.17, 15) is 4.79 Å². The molecule has 2 rings (SSSR count). The smallest absolute Gasteiger partial charge is 0.246 e. The van der Waals surface area contributed by atoms with Crippen molar-refractivity contribution < 1.29 is 9.53 Å². The number of imidazole rings is 1. The monoisotopic (exact) mass is 238 g/mol. The van der Waals surface area contributed by atoms with Crippen LogP contribution in [0.2, 0.25) is 0 Å². The zero-order valence-corrected chi connectivity index (χ0v) is 9.98. The van der Waals surface area contributed by atoms with Gasteiger partial charge in [-0.2, -0.15) is 0 Å². The van der Waals surface area contributed by atoms with Crippen molar-refractivity contribution in [1.29, 1.82) is 0 Å². The molecule has 1 aliphatic heterocycles. The Labute approximate surface area is 100 Å². The summed E-state index contributed by atoms with van der Waals surface area (Å²) in [6, 6.07) is 0. The Balaban J connectivity index is 1.58. The van der Waals surface area contributed by atoms with Crippen molar-refractivity contribution >= 4 is 5.91 Å². The minimum Gasteiger partial charge on any atom is -0.363 e. The first-order valence-electron chi connectivity index (χ1n) is 5.75. The highest BCUT2D eigenvalue weighted by Crippen LogP contribution is 2.14. The van der Waals surface area contributed by atoms with Gasteiger partial charge in [0.05, 0.1) is 11.9 Å². The average molecular weight is 238 g/mol. The van der Waals surface area contributed by atoms with Gasteiger partial charge in [-0.05, 0) is 6.92 Å². The molecule has 1 saturated heterocycles. The van der Waals surface area contributed by atoms with Crippen molar-refractivity contribution in [3.05, 3.63) is 18.7 Å². The summed E-state index contributed by atoms with van der Waals surface area (Å²) in [4.78, 5) is 15.4. The summed E-state index contributed by atoms with van der Waals surface area (Å²) in [6.45, 7) is 5.08. The normalized spacial score (nSPS) is 17.5. The highest BCUT2D eigenvalue weighted by atomic mass is 16.5. The molecule has 17 heavy (non-hydrogen) atoms.